The third kappa shape index (κ3) is 3.42. The van der Waals surface area contributed by atoms with Crippen LogP contribution >= 0.6 is 11.6 Å². The van der Waals surface area contributed by atoms with Crippen molar-refractivity contribution in [3.63, 3.8) is 0 Å². The summed E-state index contributed by atoms with van der Waals surface area (Å²) in [7, 11) is 0. The average Bonchev–Trinajstić information content (AvgIpc) is 3.18. The lowest BCUT2D eigenvalue weighted by atomic mass is 9.63. The number of H-pyrrole nitrogens is 1. The molecule has 2 amide bonds. The number of aromatic nitrogens is 1. The Hall–Kier alpha value is -2.31. The number of aliphatic hydroxyl groups excluding tert-OH is 1. The Morgan fingerprint density at radius 3 is 2.57 bits per heavy atom. The van der Waals surface area contributed by atoms with E-state index in [1.165, 1.54) is 0 Å². The maximum absolute atomic E-state index is 13.2. The topological polar surface area (TPSA) is 85.4 Å². The number of rotatable bonds is 4. The number of piperidine rings is 1. The monoisotopic (exact) mass is 401 g/mol. The van der Waals surface area contributed by atoms with Crippen molar-refractivity contribution in [2.75, 3.05) is 13.1 Å². The zero-order chi connectivity index (χ0) is 19.7. The van der Waals surface area contributed by atoms with E-state index < -0.39 is 17.6 Å². The zero-order valence-electron chi connectivity index (χ0n) is 15.5. The third-order valence-corrected chi connectivity index (χ3v) is 6.32. The van der Waals surface area contributed by atoms with Gasteiger partial charge in [-0.15, -0.1) is 0 Å². The molecule has 0 spiro atoms. The van der Waals surface area contributed by atoms with Gasteiger partial charge < -0.3 is 20.3 Å². The molecule has 0 bridgehead atoms. The van der Waals surface area contributed by atoms with Crippen LogP contribution in [0.2, 0.25) is 5.02 Å². The van der Waals surface area contributed by atoms with Crippen LogP contribution in [0.3, 0.4) is 0 Å². The number of hydrogen-bond donors (Lipinski definition) is 3. The number of aliphatic hydroxyl groups is 1. The van der Waals surface area contributed by atoms with Crippen molar-refractivity contribution in [2.24, 2.45) is 0 Å². The second kappa shape index (κ2) is 7.60. The molecule has 0 unspecified atom stereocenters. The second-order valence-corrected chi connectivity index (χ2v) is 8.17. The smallest absolute Gasteiger partial charge is 0.255 e. The number of hydrogen-bond acceptors (Lipinski definition) is 3. The largest absolute Gasteiger partial charge is 0.391 e. The summed E-state index contributed by atoms with van der Waals surface area (Å²) in [6.07, 6.45) is 5.67. The number of halogens is 1. The Balaban J connectivity index is 1.48. The molecule has 7 heteroatoms. The van der Waals surface area contributed by atoms with Gasteiger partial charge in [-0.25, -0.2) is 0 Å². The molecule has 28 heavy (non-hydrogen) atoms. The van der Waals surface area contributed by atoms with E-state index in [0.717, 1.165) is 24.8 Å². The molecular formula is C21H24ClN3O3. The van der Waals surface area contributed by atoms with Crippen LogP contribution in [0.15, 0.2) is 42.7 Å². The summed E-state index contributed by atoms with van der Waals surface area (Å²) in [5.74, 6) is -0.176. The lowest BCUT2D eigenvalue weighted by molar-refractivity contribution is -0.132. The molecule has 4 rings (SSSR count). The first-order valence-corrected chi connectivity index (χ1v) is 10.0. The summed E-state index contributed by atoms with van der Waals surface area (Å²) in [6.45, 7) is 0.771. The molecule has 1 aromatic carbocycles. The Kier molecular flexibility index (Phi) is 5.17. The fourth-order valence-corrected chi connectivity index (χ4v) is 4.28. The molecule has 3 N–H and O–H groups in total. The van der Waals surface area contributed by atoms with Crippen molar-refractivity contribution in [2.45, 2.75) is 43.2 Å². The standard InChI is InChI=1S/C21H24ClN3O3/c22-16-4-2-15(3-5-16)21(8-1-9-21)20(28)24-17-13-25(11-7-18(17)26)19(27)14-6-10-23-12-14/h2-6,10,12,17-18,23,26H,1,7-9,11,13H2,(H,24,28)/t17-,18+/m1/s1. The first-order valence-electron chi connectivity index (χ1n) is 9.67. The van der Waals surface area contributed by atoms with Gasteiger partial charge in [0, 0.05) is 30.5 Å². The molecule has 1 aliphatic heterocycles. The van der Waals surface area contributed by atoms with Gasteiger partial charge in [0.1, 0.15) is 0 Å². The van der Waals surface area contributed by atoms with Crippen LogP contribution in [-0.2, 0) is 10.2 Å². The van der Waals surface area contributed by atoms with E-state index in [0.29, 0.717) is 30.1 Å². The summed E-state index contributed by atoms with van der Waals surface area (Å²) in [6, 6.07) is 8.66. The Labute approximate surface area is 168 Å². The summed E-state index contributed by atoms with van der Waals surface area (Å²) in [4.78, 5) is 30.4. The van der Waals surface area contributed by atoms with E-state index in [-0.39, 0.29) is 11.8 Å². The van der Waals surface area contributed by atoms with E-state index in [2.05, 4.69) is 10.3 Å². The van der Waals surface area contributed by atoms with Gasteiger partial charge in [-0.2, -0.15) is 0 Å². The first kappa shape index (κ1) is 19.0. The summed E-state index contributed by atoms with van der Waals surface area (Å²) in [5, 5.41) is 14.1. The number of amides is 2. The molecule has 2 aromatic rings. The molecule has 1 saturated heterocycles. The molecule has 2 fully saturated rings. The first-order chi connectivity index (χ1) is 13.5. The fourth-order valence-electron chi connectivity index (χ4n) is 4.16. The molecule has 1 saturated carbocycles. The summed E-state index contributed by atoms with van der Waals surface area (Å²) < 4.78 is 0. The molecule has 6 nitrogen and oxygen atoms in total. The SMILES string of the molecule is O=C(c1cc[nH]c1)N1CC[C@H](O)[C@H](NC(=O)C2(c3ccc(Cl)cc3)CCC2)C1. The fraction of sp³-hybridized carbons (Fsp3) is 0.429. The lowest BCUT2D eigenvalue weighted by Crippen LogP contribution is -2.60. The van der Waals surface area contributed by atoms with E-state index in [1.54, 1.807) is 35.5 Å². The van der Waals surface area contributed by atoms with E-state index >= 15 is 0 Å². The van der Waals surface area contributed by atoms with Gasteiger partial charge in [-0.1, -0.05) is 30.2 Å². The number of likely N-dealkylation sites (tertiary alicyclic amines) is 1. The maximum atomic E-state index is 13.2. The van der Waals surface area contributed by atoms with Crippen LogP contribution in [0.4, 0.5) is 0 Å². The average molecular weight is 402 g/mol. The van der Waals surface area contributed by atoms with Crippen LogP contribution in [0, 0.1) is 0 Å². The van der Waals surface area contributed by atoms with Crippen LogP contribution in [0.25, 0.3) is 0 Å². The Bertz CT molecular complexity index is 846. The van der Waals surface area contributed by atoms with Crippen molar-refractivity contribution in [1.82, 2.24) is 15.2 Å². The number of carbonyl (C=O) groups excluding carboxylic acids is 2. The molecule has 1 aliphatic carbocycles. The maximum Gasteiger partial charge on any atom is 0.255 e. The highest BCUT2D eigenvalue weighted by Gasteiger charge is 2.47. The van der Waals surface area contributed by atoms with Gasteiger partial charge in [-0.05, 0) is 43.0 Å². The van der Waals surface area contributed by atoms with Crippen molar-refractivity contribution in [1.29, 1.82) is 0 Å². The van der Waals surface area contributed by atoms with Crippen LogP contribution < -0.4 is 5.32 Å². The molecule has 0 radical (unpaired) electrons. The highest BCUT2D eigenvalue weighted by molar-refractivity contribution is 6.30. The third-order valence-electron chi connectivity index (χ3n) is 6.06. The molecule has 1 aromatic heterocycles. The highest BCUT2D eigenvalue weighted by atomic mass is 35.5. The van der Waals surface area contributed by atoms with Crippen LogP contribution in [0.5, 0.6) is 0 Å². The van der Waals surface area contributed by atoms with Gasteiger partial charge in [0.25, 0.3) is 5.91 Å². The van der Waals surface area contributed by atoms with E-state index in [9.17, 15) is 14.7 Å². The van der Waals surface area contributed by atoms with Gasteiger partial charge in [0.15, 0.2) is 0 Å². The van der Waals surface area contributed by atoms with E-state index in [1.807, 2.05) is 12.1 Å². The van der Waals surface area contributed by atoms with Crippen molar-refractivity contribution >= 4 is 23.4 Å². The molecule has 2 aliphatic rings. The molecule has 148 valence electrons. The lowest BCUT2D eigenvalue weighted by Gasteiger charge is -2.43. The number of aromatic amines is 1. The van der Waals surface area contributed by atoms with Crippen molar-refractivity contribution < 1.29 is 14.7 Å². The van der Waals surface area contributed by atoms with Gasteiger partial charge in [0.2, 0.25) is 5.91 Å². The number of nitrogens with one attached hydrogen (secondary N) is 2. The number of carbonyl (C=O) groups is 2. The van der Waals surface area contributed by atoms with Gasteiger partial charge in [0.05, 0.1) is 23.1 Å². The van der Waals surface area contributed by atoms with Gasteiger partial charge >= 0.3 is 0 Å². The molecule has 2 atom stereocenters. The van der Waals surface area contributed by atoms with Crippen LogP contribution in [-0.4, -0.2) is 52.0 Å². The van der Waals surface area contributed by atoms with Crippen molar-refractivity contribution in [3.05, 3.63) is 58.9 Å². The van der Waals surface area contributed by atoms with Gasteiger partial charge in [-0.3, -0.25) is 9.59 Å². The van der Waals surface area contributed by atoms with Crippen molar-refractivity contribution in [3.8, 4) is 0 Å². The summed E-state index contributed by atoms with van der Waals surface area (Å²) >= 11 is 5.99. The Morgan fingerprint density at radius 2 is 1.96 bits per heavy atom. The summed E-state index contributed by atoms with van der Waals surface area (Å²) in [5.41, 5.74) is 0.960. The minimum Gasteiger partial charge on any atom is -0.391 e. The predicted molar refractivity (Wildman–Crippen MR) is 106 cm³/mol. The highest BCUT2D eigenvalue weighted by Crippen LogP contribution is 2.44. The minimum absolute atomic E-state index is 0.0823. The second-order valence-electron chi connectivity index (χ2n) is 7.73. The Morgan fingerprint density at radius 1 is 1.21 bits per heavy atom. The minimum atomic E-state index is -0.665. The normalized spacial score (nSPS) is 23.7. The predicted octanol–water partition coefficient (Wildman–Crippen LogP) is 2.48. The van der Waals surface area contributed by atoms with E-state index in [4.69, 9.17) is 11.6 Å². The molecule has 2 heterocycles. The number of nitrogens with zero attached hydrogens (tertiary/aromatic N) is 1. The molecular weight excluding hydrogens is 378 g/mol. The number of benzene rings is 1. The quantitative estimate of drug-likeness (QED) is 0.735. The zero-order valence-corrected chi connectivity index (χ0v) is 16.3. The van der Waals surface area contributed by atoms with Crippen LogP contribution in [0.1, 0.15) is 41.6 Å².